The smallest absolute Gasteiger partial charge is 0.346 e. The average Bonchev–Trinajstić information content (AvgIpc) is 3.39. The first-order valence-corrected chi connectivity index (χ1v) is 12.9. The Morgan fingerprint density at radius 2 is 1.68 bits per heavy atom. The van der Waals surface area contributed by atoms with Gasteiger partial charge in [-0.3, -0.25) is 0 Å². The normalized spacial score (nSPS) is 11.1. The van der Waals surface area contributed by atoms with Crippen molar-refractivity contribution in [1.29, 1.82) is 0 Å². The van der Waals surface area contributed by atoms with Crippen LogP contribution in [0, 0.1) is 0 Å². The Morgan fingerprint density at radius 1 is 0.868 bits per heavy atom. The molecule has 0 aliphatic heterocycles. The number of halogens is 2. The Balaban J connectivity index is 1.23. The summed E-state index contributed by atoms with van der Waals surface area (Å²) in [5.41, 5.74) is 0.838. The third-order valence-electron chi connectivity index (χ3n) is 5.83. The fraction of sp³-hybridized carbons (Fsp3) is 0.0357. The number of ether oxygens (including phenoxy) is 2. The van der Waals surface area contributed by atoms with Gasteiger partial charge in [-0.1, -0.05) is 77.0 Å². The molecule has 188 valence electrons. The Labute approximate surface area is 230 Å². The van der Waals surface area contributed by atoms with Gasteiger partial charge >= 0.3 is 5.63 Å². The quantitative estimate of drug-likeness (QED) is 0.204. The molecule has 7 nitrogen and oxygen atoms in total. The molecule has 6 aromatic rings. The molecule has 0 bridgehead atoms. The van der Waals surface area contributed by atoms with Crippen LogP contribution in [-0.2, 0) is 0 Å². The third kappa shape index (κ3) is 4.54. The van der Waals surface area contributed by atoms with Gasteiger partial charge in [-0.25, -0.2) is 4.79 Å². The van der Waals surface area contributed by atoms with Gasteiger partial charge in [0, 0.05) is 16.5 Å². The van der Waals surface area contributed by atoms with Gasteiger partial charge in [0.25, 0.3) is 0 Å². The summed E-state index contributed by atoms with van der Waals surface area (Å²) in [5.74, 6) is 1.45. The van der Waals surface area contributed by atoms with Gasteiger partial charge in [0.15, 0.2) is 16.3 Å². The van der Waals surface area contributed by atoms with Crippen LogP contribution in [0.4, 0.5) is 10.8 Å². The van der Waals surface area contributed by atoms with E-state index in [1.807, 2.05) is 48.5 Å². The summed E-state index contributed by atoms with van der Waals surface area (Å²) >= 11 is 14.3. The Morgan fingerprint density at radius 3 is 2.53 bits per heavy atom. The van der Waals surface area contributed by atoms with Crippen molar-refractivity contribution in [2.75, 3.05) is 12.4 Å². The number of benzene rings is 4. The number of fused-ring (bicyclic) bond motifs is 2. The second-order valence-electron chi connectivity index (χ2n) is 8.21. The first kappa shape index (κ1) is 24.2. The maximum atomic E-state index is 12.7. The first-order chi connectivity index (χ1) is 18.5. The summed E-state index contributed by atoms with van der Waals surface area (Å²) in [7, 11) is 1.52. The number of hydrogen-bond donors (Lipinski definition) is 1. The second-order valence-corrected chi connectivity index (χ2v) is 9.97. The fourth-order valence-electron chi connectivity index (χ4n) is 4.01. The lowest BCUT2D eigenvalue weighted by Crippen LogP contribution is -2.03. The van der Waals surface area contributed by atoms with E-state index in [9.17, 15) is 4.79 Å². The fourth-order valence-corrected chi connectivity index (χ4v) is 5.27. The summed E-state index contributed by atoms with van der Waals surface area (Å²) in [5, 5.41) is 15.9. The summed E-state index contributed by atoms with van der Waals surface area (Å²) < 4.78 is 16.8. The molecule has 2 heterocycles. The topological polar surface area (TPSA) is 86.5 Å². The summed E-state index contributed by atoms with van der Waals surface area (Å²) in [6.07, 6.45) is 0. The molecule has 0 radical (unpaired) electrons. The number of hydrogen-bond acceptors (Lipinski definition) is 8. The zero-order valence-corrected chi connectivity index (χ0v) is 22.0. The van der Waals surface area contributed by atoms with Crippen molar-refractivity contribution in [1.82, 2.24) is 10.2 Å². The number of aromatic nitrogens is 2. The summed E-state index contributed by atoms with van der Waals surface area (Å²) in [6.45, 7) is 0. The van der Waals surface area contributed by atoms with Gasteiger partial charge in [0.1, 0.15) is 11.5 Å². The van der Waals surface area contributed by atoms with Gasteiger partial charge in [-0.2, -0.15) is 0 Å². The van der Waals surface area contributed by atoms with Crippen molar-refractivity contribution in [2.45, 2.75) is 0 Å². The molecular formula is C28H17Cl2N3O4S. The van der Waals surface area contributed by atoms with Crippen molar-refractivity contribution in [3.8, 4) is 27.8 Å². The van der Waals surface area contributed by atoms with Crippen LogP contribution in [0.2, 0.25) is 10.0 Å². The second kappa shape index (κ2) is 9.98. The molecule has 0 amide bonds. The van der Waals surface area contributed by atoms with Crippen LogP contribution in [-0.4, -0.2) is 17.3 Å². The van der Waals surface area contributed by atoms with Crippen LogP contribution in [0.1, 0.15) is 0 Å². The van der Waals surface area contributed by atoms with E-state index in [4.69, 9.17) is 37.1 Å². The third-order valence-corrected chi connectivity index (χ3v) is 7.39. The molecule has 0 unspecified atom stereocenters. The van der Waals surface area contributed by atoms with E-state index in [1.165, 1.54) is 18.4 Å². The zero-order chi connectivity index (χ0) is 26.2. The van der Waals surface area contributed by atoms with Gasteiger partial charge in [0.2, 0.25) is 5.13 Å². The number of nitrogens with one attached hydrogen (secondary N) is 1. The van der Waals surface area contributed by atoms with Crippen molar-refractivity contribution < 1.29 is 13.9 Å². The van der Waals surface area contributed by atoms with Crippen LogP contribution in [0.5, 0.6) is 17.2 Å². The van der Waals surface area contributed by atoms with Crippen LogP contribution < -0.4 is 20.4 Å². The van der Waals surface area contributed by atoms with Crippen molar-refractivity contribution in [2.24, 2.45) is 0 Å². The highest BCUT2D eigenvalue weighted by molar-refractivity contribution is 7.18. The van der Waals surface area contributed by atoms with Crippen molar-refractivity contribution in [3.63, 3.8) is 0 Å². The van der Waals surface area contributed by atoms with E-state index < -0.39 is 5.63 Å². The molecule has 10 heteroatoms. The minimum atomic E-state index is -0.526. The average molecular weight is 562 g/mol. The molecule has 0 atom stereocenters. The van der Waals surface area contributed by atoms with Crippen molar-refractivity contribution in [3.05, 3.63) is 99.3 Å². The van der Waals surface area contributed by atoms with E-state index in [-0.39, 0.29) is 0 Å². The molecule has 0 aliphatic carbocycles. The predicted molar refractivity (Wildman–Crippen MR) is 152 cm³/mol. The predicted octanol–water partition coefficient (Wildman–Crippen LogP) is 8.32. The van der Waals surface area contributed by atoms with E-state index in [0.717, 1.165) is 16.2 Å². The number of para-hydroxylation sites is 1. The molecule has 0 spiro atoms. The highest BCUT2D eigenvalue weighted by Gasteiger charge is 2.16. The van der Waals surface area contributed by atoms with Crippen LogP contribution in [0.15, 0.2) is 88.1 Å². The Bertz CT molecular complexity index is 1890. The lowest BCUT2D eigenvalue weighted by Gasteiger charge is -2.12. The number of nitrogens with zero attached hydrogens (tertiary/aromatic N) is 2. The van der Waals surface area contributed by atoms with Gasteiger partial charge in [0.05, 0.1) is 22.7 Å². The lowest BCUT2D eigenvalue weighted by molar-refractivity contribution is 0.407. The van der Waals surface area contributed by atoms with Gasteiger partial charge in [-0.05, 0) is 41.8 Å². The number of anilines is 2. The number of methoxy groups -OCH3 is 1. The van der Waals surface area contributed by atoms with E-state index in [0.29, 0.717) is 54.3 Å². The zero-order valence-electron chi connectivity index (χ0n) is 19.7. The molecule has 38 heavy (non-hydrogen) atoms. The Kier molecular flexibility index (Phi) is 6.37. The molecule has 1 N–H and O–H groups in total. The standard InChI is InChI=1S/C28H17Cl2N3O4S/c1-35-23-8-4-6-16-13-19(27(34)37-25(16)23)26-32-33-28(38-26)31-17-10-12-21(20(29)14-17)36-22-11-9-15-5-2-3-7-18(15)24(22)30/h2-14H,1H3,(H,31,33). The van der Waals surface area contributed by atoms with Crippen LogP contribution >= 0.6 is 34.5 Å². The van der Waals surface area contributed by atoms with Crippen LogP contribution in [0.25, 0.3) is 32.3 Å². The molecular weight excluding hydrogens is 545 g/mol. The molecule has 4 aromatic carbocycles. The maximum Gasteiger partial charge on any atom is 0.346 e. The Hall–Kier alpha value is -4.11. The maximum absolute atomic E-state index is 12.7. The molecule has 0 aliphatic rings. The SMILES string of the molecule is COc1cccc2cc(-c3nnc(Nc4ccc(Oc5ccc6ccccc6c5Cl)c(Cl)c4)s3)c(=O)oc12. The first-order valence-electron chi connectivity index (χ1n) is 11.4. The van der Waals surface area contributed by atoms with Gasteiger partial charge < -0.3 is 19.2 Å². The number of rotatable bonds is 6. The summed E-state index contributed by atoms with van der Waals surface area (Å²) in [4.78, 5) is 12.7. The van der Waals surface area contributed by atoms with Crippen LogP contribution in [0.3, 0.4) is 0 Å². The van der Waals surface area contributed by atoms with Gasteiger partial charge in [-0.15, -0.1) is 10.2 Å². The molecule has 0 fully saturated rings. The monoisotopic (exact) mass is 561 g/mol. The molecule has 0 saturated heterocycles. The molecule has 6 rings (SSSR count). The highest BCUT2D eigenvalue weighted by atomic mass is 35.5. The molecule has 0 saturated carbocycles. The van der Waals surface area contributed by atoms with E-state index in [1.54, 1.807) is 30.3 Å². The largest absolute Gasteiger partial charge is 0.493 e. The van der Waals surface area contributed by atoms with E-state index in [2.05, 4.69) is 15.5 Å². The van der Waals surface area contributed by atoms with Crippen molar-refractivity contribution >= 4 is 67.1 Å². The minimum Gasteiger partial charge on any atom is -0.493 e. The molecule has 2 aromatic heterocycles. The minimum absolute atomic E-state index is 0.311. The highest BCUT2D eigenvalue weighted by Crippen LogP contribution is 2.39. The summed E-state index contributed by atoms with van der Waals surface area (Å²) in [6, 6.07) is 23.9. The van der Waals surface area contributed by atoms with E-state index >= 15 is 0 Å². The lowest BCUT2D eigenvalue weighted by atomic mass is 10.1.